The van der Waals surface area contributed by atoms with E-state index in [1.165, 1.54) is 24.6 Å². The number of hydrogen-bond acceptors (Lipinski definition) is 1. The second kappa shape index (κ2) is 8.16. The molecule has 0 heterocycles. The largest absolute Gasteiger partial charge is 0.329 e. The van der Waals surface area contributed by atoms with Crippen molar-refractivity contribution in [3.8, 4) is 0 Å². The molecule has 0 atom stereocenters. The van der Waals surface area contributed by atoms with Gasteiger partial charge >= 0.3 is 0 Å². The fraction of sp³-hybridized carbons (Fsp3) is 1.00. The molecule has 0 spiro atoms. The van der Waals surface area contributed by atoms with Crippen LogP contribution in [-0.4, -0.2) is 36.6 Å². The van der Waals surface area contributed by atoms with Crippen LogP contribution in [0.1, 0.15) is 27.7 Å². The molecule has 0 radical (unpaired) electrons. The Kier molecular flexibility index (Phi) is 8.67. The minimum absolute atomic E-state index is 0.233. The molecule has 0 fully saturated rings. The molecule has 0 aliphatic carbocycles. The molecule has 0 aliphatic rings. The van der Waals surface area contributed by atoms with Gasteiger partial charge in [0.1, 0.15) is 0 Å². The highest BCUT2D eigenvalue weighted by molar-refractivity contribution is 7.75. The molecule has 0 aromatic rings. The third kappa shape index (κ3) is 4.24. The van der Waals surface area contributed by atoms with Crippen LogP contribution in [0.3, 0.4) is 0 Å². The predicted molar refractivity (Wildman–Crippen MR) is 68.8 cm³/mol. The molecular weight excluding hydrogens is 196 g/mol. The lowest BCUT2D eigenvalue weighted by atomic mass is 10.8. The number of hydrogen-bond donors (Lipinski definition) is 1. The Labute approximate surface area is 86.4 Å². The maximum Gasteiger partial charge on any atom is 0.0117 e. The van der Waals surface area contributed by atoms with Crippen molar-refractivity contribution in [1.29, 1.82) is 0 Å². The van der Waals surface area contributed by atoms with E-state index in [1.807, 2.05) is 0 Å². The lowest BCUT2D eigenvalue weighted by Crippen LogP contribution is -2.20. The van der Waals surface area contributed by atoms with E-state index in [9.17, 15) is 0 Å². The van der Waals surface area contributed by atoms with E-state index in [0.29, 0.717) is 0 Å². The van der Waals surface area contributed by atoms with Crippen LogP contribution in [-0.2, 0) is 0 Å². The zero-order valence-electron chi connectivity index (χ0n) is 9.58. The van der Waals surface area contributed by atoms with Crippen molar-refractivity contribution in [3.63, 3.8) is 0 Å². The van der Waals surface area contributed by atoms with E-state index >= 15 is 0 Å². The first-order valence-corrected chi connectivity index (χ1v) is 8.99. The normalized spacial score (nSPS) is 12.0. The Morgan fingerprint density at radius 2 is 1.15 bits per heavy atom. The molecule has 3 heteroatoms. The van der Waals surface area contributed by atoms with Gasteiger partial charge in [0, 0.05) is 11.9 Å². The molecule has 13 heavy (non-hydrogen) atoms. The highest BCUT2D eigenvalue weighted by Crippen LogP contribution is 2.57. The highest BCUT2D eigenvalue weighted by atomic mass is 31.2. The van der Waals surface area contributed by atoms with Gasteiger partial charge in [-0.2, -0.15) is 0 Å². The van der Waals surface area contributed by atoms with Crippen molar-refractivity contribution < 1.29 is 0 Å². The fourth-order valence-corrected chi connectivity index (χ4v) is 8.80. The van der Waals surface area contributed by atoms with Gasteiger partial charge in [-0.1, -0.05) is 43.5 Å². The Morgan fingerprint density at radius 1 is 0.846 bits per heavy atom. The van der Waals surface area contributed by atoms with Gasteiger partial charge in [-0.25, -0.2) is 0 Å². The van der Waals surface area contributed by atoms with Gasteiger partial charge in [0.15, 0.2) is 0 Å². The Hall–Kier alpha value is 0.820. The zero-order chi connectivity index (χ0) is 10.3. The molecule has 0 rings (SSSR count). The monoisotopic (exact) mass is 221 g/mol. The second-order valence-corrected chi connectivity index (χ2v) is 9.70. The Morgan fingerprint density at radius 3 is 1.31 bits per heavy atom. The topological polar surface area (TPSA) is 26.0 Å². The van der Waals surface area contributed by atoms with Gasteiger partial charge < -0.3 is 5.73 Å². The molecular formula is C10H25NP2. The van der Waals surface area contributed by atoms with Crippen LogP contribution in [0.2, 0.25) is 0 Å². The van der Waals surface area contributed by atoms with Gasteiger partial charge in [0.2, 0.25) is 0 Å². The first-order valence-electron chi connectivity index (χ1n) is 5.43. The van der Waals surface area contributed by atoms with Crippen LogP contribution in [0.25, 0.3) is 0 Å². The van der Waals surface area contributed by atoms with Gasteiger partial charge in [-0.05, 0) is 24.6 Å². The molecule has 0 aromatic carbocycles. The van der Waals surface area contributed by atoms with Crippen molar-refractivity contribution in [2.45, 2.75) is 33.1 Å². The summed E-state index contributed by atoms with van der Waals surface area (Å²) in [5.41, 5.74) is 5.91. The Bertz CT molecular complexity index is 99.5. The van der Waals surface area contributed by atoms with Crippen molar-refractivity contribution >= 4 is 15.8 Å². The summed E-state index contributed by atoms with van der Waals surface area (Å²) in [5.74, 6) is 0. The number of rotatable bonds is 7. The summed E-state index contributed by atoms with van der Waals surface area (Å²) in [6.45, 7) is 10.3. The van der Waals surface area contributed by atoms with Gasteiger partial charge in [-0.3, -0.25) is 0 Å². The summed E-state index contributed by atoms with van der Waals surface area (Å²) in [5, 5.41) is 0.884. The van der Waals surface area contributed by atoms with Crippen LogP contribution in [0.15, 0.2) is 0 Å². The quantitative estimate of drug-likeness (QED) is 0.656. The van der Waals surface area contributed by atoms with Crippen LogP contribution >= 0.6 is 15.8 Å². The van der Waals surface area contributed by atoms with E-state index in [-0.39, 0.29) is 15.8 Å². The molecule has 0 saturated carbocycles. The van der Waals surface area contributed by atoms with Crippen molar-refractivity contribution in [3.05, 3.63) is 0 Å². The zero-order valence-corrected chi connectivity index (χ0v) is 11.4. The fourth-order valence-electron chi connectivity index (χ4n) is 1.82. The minimum atomic E-state index is 0.233. The standard InChI is InChI=1S/C10H25NP2/c1-5-12(6-2)10(9-11)13(7-3)8-4/h10H,5-9,11H2,1-4H3. The number of nitrogens with two attached hydrogens (primary N) is 1. The molecule has 0 bridgehead atoms. The van der Waals surface area contributed by atoms with Crippen LogP contribution in [0, 0.1) is 0 Å². The van der Waals surface area contributed by atoms with Gasteiger partial charge in [-0.15, -0.1) is 0 Å². The first-order chi connectivity index (χ1) is 6.24. The minimum Gasteiger partial charge on any atom is -0.329 e. The van der Waals surface area contributed by atoms with E-state index < -0.39 is 0 Å². The van der Waals surface area contributed by atoms with Crippen LogP contribution < -0.4 is 5.73 Å². The molecule has 0 unspecified atom stereocenters. The summed E-state index contributed by atoms with van der Waals surface area (Å²) in [6, 6.07) is 0. The third-order valence-corrected chi connectivity index (χ3v) is 10.00. The maximum absolute atomic E-state index is 5.91. The highest BCUT2D eigenvalue weighted by Gasteiger charge is 2.22. The second-order valence-electron chi connectivity index (χ2n) is 3.16. The van der Waals surface area contributed by atoms with Crippen molar-refractivity contribution in [1.82, 2.24) is 0 Å². The molecule has 0 aromatic heterocycles. The molecule has 80 valence electrons. The van der Waals surface area contributed by atoms with Gasteiger partial charge in [0.25, 0.3) is 0 Å². The smallest absolute Gasteiger partial charge is 0.0117 e. The summed E-state index contributed by atoms with van der Waals surface area (Å²) in [4.78, 5) is 0. The Balaban J connectivity index is 4.26. The lowest BCUT2D eigenvalue weighted by Gasteiger charge is -2.31. The molecule has 0 amide bonds. The van der Waals surface area contributed by atoms with Crippen molar-refractivity contribution in [2.75, 3.05) is 31.2 Å². The summed E-state index contributed by atoms with van der Waals surface area (Å²) < 4.78 is 0. The predicted octanol–water partition coefficient (Wildman–Crippen LogP) is 3.31. The maximum atomic E-state index is 5.91. The SMILES string of the molecule is CCP(CC)C(CN)P(CC)CC. The van der Waals surface area contributed by atoms with Crippen LogP contribution in [0.5, 0.6) is 0 Å². The molecule has 2 N–H and O–H groups in total. The van der Waals surface area contributed by atoms with E-state index in [2.05, 4.69) is 27.7 Å². The van der Waals surface area contributed by atoms with E-state index in [1.54, 1.807) is 0 Å². The van der Waals surface area contributed by atoms with E-state index in [0.717, 1.165) is 11.9 Å². The summed E-state index contributed by atoms with van der Waals surface area (Å²) >= 11 is 0. The average Bonchev–Trinajstić information content (AvgIpc) is 2.18. The first kappa shape index (κ1) is 13.8. The summed E-state index contributed by atoms with van der Waals surface area (Å²) in [6.07, 6.45) is 5.47. The molecule has 0 saturated heterocycles. The molecule has 0 aliphatic heterocycles. The van der Waals surface area contributed by atoms with Crippen molar-refractivity contribution in [2.24, 2.45) is 5.73 Å². The van der Waals surface area contributed by atoms with Crippen LogP contribution in [0.4, 0.5) is 0 Å². The van der Waals surface area contributed by atoms with Gasteiger partial charge in [0.05, 0.1) is 0 Å². The average molecular weight is 221 g/mol. The third-order valence-electron chi connectivity index (χ3n) is 2.68. The summed E-state index contributed by atoms with van der Waals surface area (Å²) in [7, 11) is 0.466. The lowest BCUT2D eigenvalue weighted by molar-refractivity contribution is 1.06. The molecule has 1 nitrogen and oxygen atoms in total. The van der Waals surface area contributed by atoms with E-state index in [4.69, 9.17) is 5.73 Å².